The van der Waals surface area contributed by atoms with E-state index in [0.29, 0.717) is 5.56 Å². The Morgan fingerprint density at radius 2 is 2.00 bits per heavy atom. The van der Waals surface area contributed by atoms with Crippen LogP contribution in [0.25, 0.3) is 0 Å². The maximum atomic E-state index is 11.5. The van der Waals surface area contributed by atoms with E-state index in [1.54, 1.807) is 37.3 Å². The van der Waals surface area contributed by atoms with Crippen LogP contribution in [0.15, 0.2) is 42.5 Å². The van der Waals surface area contributed by atoms with Crippen LogP contribution in [0.5, 0.6) is 0 Å². The highest BCUT2D eigenvalue weighted by Gasteiger charge is 2.35. The van der Waals surface area contributed by atoms with Gasteiger partial charge >= 0.3 is 5.97 Å². The van der Waals surface area contributed by atoms with E-state index in [4.69, 9.17) is 0 Å². The minimum absolute atomic E-state index is 0.495. The monoisotopic (exact) mass is 206 g/mol. The standard InChI is InChI=1S/C12H14O3/c1-3-9-12(14,11(13)15-2)10-7-5-4-6-8-10/h3-9,14H,1-2H3/b9-3+. The predicted octanol–water partition coefficient (Wildman–Crippen LogP) is 1.62. The molecule has 1 rings (SSSR count). The minimum atomic E-state index is -1.69. The van der Waals surface area contributed by atoms with E-state index in [9.17, 15) is 9.90 Å². The zero-order valence-corrected chi connectivity index (χ0v) is 8.81. The van der Waals surface area contributed by atoms with Crippen molar-refractivity contribution in [1.29, 1.82) is 0 Å². The SMILES string of the molecule is C/C=C/C(O)(C(=O)OC)c1ccccc1. The number of hydrogen-bond acceptors (Lipinski definition) is 3. The molecule has 0 fully saturated rings. The van der Waals surface area contributed by atoms with Gasteiger partial charge in [0.1, 0.15) is 0 Å². The maximum absolute atomic E-state index is 11.5. The van der Waals surface area contributed by atoms with Gasteiger partial charge in [-0.15, -0.1) is 0 Å². The van der Waals surface area contributed by atoms with Crippen LogP contribution in [0.4, 0.5) is 0 Å². The summed E-state index contributed by atoms with van der Waals surface area (Å²) in [4.78, 5) is 11.5. The molecule has 3 heteroatoms. The summed E-state index contributed by atoms with van der Waals surface area (Å²) in [5.41, 5.74) is -1.19. The molecule has 0 heterocycles. The first kappa shape index (κ1) is 11.5. The summed E-state index contributed by atoms with van der Waals surface area (Å²) < 4.78 is 4.58. The van der Waals surface area contributed by atoms with Gasteiger partial charge in [-0.2, -0.15) is 0 Å². The second-order valence-corrected chi connectivity index (χ2v) is 3.12. The molecule has 0 bridgehead atoms. The van der Waals surface area contributed by atoms with Gasteiger partial charge in [0, 0.05) is 0 Å². The highest BCUT2D eigenvalue weighted by molar-refractivity contribution is 5.83. The van der Waals surface area contributed by atoms with Gasteiger partial charge < -0.3 is 9.84 Å². The Labute approximate surface area is 89.0 Å². The molecule has 0 aliphatic heterocycles. The lowest BCUT2D eigenvalue weighted by atomic mass is 9.93. The molecule has 0 saturated carbocycles. The molecule has 1 N–H and O–H groups in total. The summed E-state index contributed by atoms with van der Waals surface area (Å²) in [6.07, 6.45) is 3.03. The third kappa shape index (κ3) is 2.25. The van der Waals surface area contributed by atoms with Crippen molar-refractivity contribution >= 4 is 5.97 Å². The summed E-state index contributed by atoms with van der Waals surface area (Å²) in [5.74, 6) is -0.688. The van der Waals surface area contributed by atoms with Crippen LogP contribution in [0.3, 0.4) is 0 Å². The number of ether oxygens (including phenoxy) is 1. The van der Waals surface area contributed by atoms with Crippen LogP contribution in [0, 0.1) is 0 Å². The molecule has 15 heavy (non-hydrogen) atoms. The Kier molecular flexibility index (Phi) is 3.63. The largest absolute Gasteiger partial charge is 0.466 e. The quantitative estimate of drug-likeness (QED) is 0.604. The molecule has 0 aliphatic rings. The van der Waals surface area contributed by atoms with Crippen molar-refractivity contribution in [3.05, 3.63) is 48.0 Å². The van der Waals surface area contributed by atoms with E-state index in [-0.39, 0.29) is 0 Å². The van der Waals surface area contributed by atoms with Gasteiger partial charge in [-0.25, -0.2) is 4.79 Å². The van der Waals surface area contributed by atoms with Gasteiger partial charge in [0.2, 0.25) is 5.60 Å². The van der Waals surface area contributed by atoms with Crippen molar-refractivity contribution in [2.75, 3.05) is 7.11 Å². The van der Waals surface area contributed by atoms with E-state index >= 15 is 0 Å². The van der Waals surface area contributed by atoms with Gasteiger partial charge in [-0.1, -0.05) is 36.4 Å². The molecule has 1 aromatic carbocycles. The highest BCUT2D eigenvalue weighted by Crippen LogP contribution is 2.24. The van der Waals surface area contributed by atoms with Gasteiger partial charge in [0.05, 0.1) is 7.11 Å². The normalized spacial score (nSPS) is 14.9. The Balaban J connectivity index is 3.18. The zero-order chi connectivity index (χ0) is 11.3. The Morgan fingerprint density at radius 3 is 2.47 bits per heavy atom. The zero-order valence-electron chi connectivity index (χ0n) is 8.81. The minimum Gasteiger partial charge on any atom is -0.466 e. The molecule has 80 valence electrons. The average molecular weight is 206 g/mol. The van der Waals surface area contributed by atoms with Gasteiger partial charge in [-0.3, -0.25) is 0 Å². The molecule has 3 nitrogen and oxygen atoms in total. The van der Waals surface area contributed by atoms with E-state index in [1.165, 1.54) is 13.2 Å². The molecule has 0 spiro atoms. The number of allylic oxidation sites excluding steroid dienone is 1. The Morgan fingerprint density at radius 1 is 1.40 bits per heavy atom. The first-order chi connectivity index (χ1) is 7.15. The first-order valence-corrected chi connectivity index (χ1v) is 4.65. The molecule has 1 atom stereocenters. The topological polar surface area (TPSA) is 46.5 Å². The van der Waals surface area contributed by atoms with Gasteiger partial charge in [0.25, 0.3) is 0 Å². The Bertz CT molecular complexity index is 356. The first-order valence-electron chi connectivity index (χ1n) is 4.65. The maximum Gasteiger partial charge on any atom is 0.346 e. The second-order valence-electron chi connectivity index (χ2n) is 3.12. The van der Waals surface area contributed by atoms with Crippen LogP contribution in [0.2, 0.25) is 0 Å². The lowest BCUT2D eigenvalue weighted by Gasteiger charge is -2.21. The number of benzene rings is 1. The van der Waals surface area contributed by atoms with Crippen molar-refractivity contribution in [3.8, 4) is 0 Å². The van der Waals surface area contributed by atoms with Crippen LogP contribution >= 0.6 is 0 Å². The van der Waals surface area contributed by atoms with Crippen LogP contribution < -0.4 is 0 Å². The highest BCUT2D eigenvalue weighted by atomic mass is 16.5. The van der Waals surface area contributed by atoms with E-state index in [0.717, 1.165) is 0 Å². The van der Waals surface area contributed by atoms with E-state index in [2.05, 4.69) is 4.74 Å². The fourth-order valence-corrected chi connectivity index (χ4v) is 1.37. The molecular weight excluding hydrogens is 192 g/mol. The summed E-state index contributed by atoms with van der Waals surface area (Å²) in [7, 11) is 1.25. The van der Waals surface area contributed by atoms with Crippen molar-refractivity contribution in [3.63, 3.8) is 0 Å². The fraction of sp³-hybridized carbons (Fsp3) is 0.250. The number of methoxy groups -OCH3 is 1. The average Bonchev–Trinajstić information content (AvgIpc) is 2.29. The van der Waals surface area contributed by atoms with Crippen molar-refractivity contribution < 1.29 is 14.6 Å². The van der Waals surface area contributed by atoms with Crippen molar-refractivity contribution in [1.82, 2.24) is 0 Å². The predicted molar refractivity (Wildman–Crippen MR) is 57.2 cm³/mol. The summed E-state index contributed by atoms with van der Waals surface area (Å²) >= 11 is 0. The van der Waals surface area contributed by atoms with Crippen molar-refractivity contribution in [2.24, 2.45) is 0 Å². The number of rotatable bonds is 3. The number of carbonyl (C=O) groups is 1. The smallest absolute Gasteiger partial charge is 0.346 e. The fourth-order valence-electron chi connectivity index (χ4n) is 1.37. The summed E-state index contributed by atoms with van der Waals surface area (Å²) in [6, 6.07) is 8.68. The molecule has 1 aromatic rings. The number of hydrogen-bond donors (Lipinski definition) is 1. The summed E-state index contributed by atoms with van der Waals surface area (Å²) in [5, 5.41) is 10.2. The molecule has 0 amide bonds. The lowest BCUT2D eigenvalue weighted by Crippen LogP contribution is -2.34. The van der Waals surface area contributed by atoms with Gasteiger partial charge in [-0.05, 0) is 18.6 Å². The Hall–Kier alpha value is -1.61. The number of esters is 1. The lowest BCUT2D eigenvalue weighted by molar-refractivity contribution is -0.158. The third-order valence-corrected chi connectivity index (χ3v) is 2.12. The second kappa shape index (κ2) is 4.75. The molecular formula is C12H14O3. The molecule has 0 aliphatic carbocycles. The van der Waals surface area contributed by atoms with Crippen LogP contribution in [-0.4, -0.2) is 18.2 Å². The summed E-state index contributed by atoms with van der Waals surface area (Å²) in [6.45, 7) is 1.73. The molecule has 1 unspecified atom stereocenters. The third-order valence-electron chi connectivity index (χ3n) is 2.12. The van der Waals surface area contributed by atoms with E-state index < -0.39 is 11.6 Å². The van der Waals surface area contributed by atoms with Crippen LogP contribution in [-0.2, 0) is 15.1 Å². The number of carbonyl (C=O) groups excluding carboxylic acids is 1. The van der Waals surface area contributed by atoms with Gasteiger partial charge in [0.15, 0.2) is 0 Å². The molecule has 0 saturated heterocycles. The number of aliphatic hydroxyl groups is 1. The van der Waals surface area contributed by atoms with Crippen LogP contribution in [0.1, 0.15) is 12.5 Å². The molecule has 0 radical (unpaired) electrons. The van der Waals surface area contributed by atoms with Crippen molar-refractivity contribution in [2.45, 2.75) is 12.5 Å². The molecule has 0 aromatic heterocycles. The van der Waals surface area contributed by atoms with E-state index in [1.807, 2.05) is 6.07 Å².